The first-order valence-electron chi connectivity index (χ1n) is 11.2. The Labute approximate surface area is 195 Å². The number of unbranched alkanes of at least 4 members (excludes halogenated alkanes) is 11. The zero-order valence-electron chi connectivity index (χ0n) is 18.0. The zero-order valence-corrected chi connectivity index (χ0v) is 18.0. The van der Waals surface area contributed by atoms with Crippen LogP contribution in [0.15, 0.2) is 12.2 Å². The summed E-state index contributed by atoms with van der Waals surface area (Å²) in [4.78, 5) is 22.9. The standard InChI is InChI=1S/C23H43NO3.Na.H/c1-4-5-6-7-8-9-10-11-12-13-14-15-16-17-18-19-21(25)24-22(20(2)3)23(26)27;;/h11-12,20,22H,4-10,13-19H2,1-3H3,(H,24,25)(H,26,27);;/b12-11-;;. The molecule has 5 heteroatoms. The van der Waals surface area contributed by atoms with E-state index in [1.54, 1.807) is 13.8 Å². The Hall–Kier alpha value is -0.320. The fourth-order valence-corrected chi connectivity index (χ4v) is 3.12. The van der Waals surface area contributed by atoms with E-state index in [1.807, 2.05) is 0 Å². The number of amides is 1. The van der Waals surface area contributed by atoms with E-state index in [1.165, 1.54) is 57.8 Å². The van der Waals surface area contributed by atoms with Crippen LogP contribution in [0.3, 0.4) is 0 Å². The summed E-state index contributed by atoms with van der Waals surface area (Å²) in [6.07, 6.45) is 21.0. The summed E-state index contributed by atoms with van der Waals surface area (Å²) in [7, 11) is 0. The average molecular weight is 406 g/mol. The molecule has 0 saturated heterocycles. The number of rotatable bonds is 18. The van der Waals surface area contributed by atoms with Gasteiger partial charge < -0.3 is 10.4 Å². The van der Waals surface area contributed by atoms with Crippen molar-refractivity contribution in [2.75, 3.05) is 0 Å². The third-order valence-corrected chi connectivity index (χ3v) is 4.91. The molecule has 1 amide bonds. The molecule has 0 rings (SSSR count). The van der Waals surface area contributed by atoms with Crippen molar-refractivity contribution in [2.45, 2.75) is 117 Å². The van der Waals surface area contributed by atoms with Gasteiger partial charge in [0.15, 0.2) is 0 Å². The average Bonchev–Trinajstić information content (AvgIpc) is 2.62. The number of hydrogen-bond acceptors (Lipinski definition) is 2. The number of carboxylic acid groups (broad SMARTS) is 1. The molecule has 0 aromatic heterocycles. The molecule has 0 aliphatic carbocycles. The van der Waals surface area contributed by atoms with Crippen LogP contribution in [0.2, 0.25) is 0 Å². The Morgan fingerprint density at radius 1 is 0.821 bits per heavy atom. The van der Waals surface area contributed by atoms with Crippen LogP contribution in [0.4, 0.5) is 0 Å². The van der Waals surface area contributed by atoms with Crippen LogP contribution < -0.4 is 5.32 Å². The second-order valence-electron chi connectivity index (χ2n) is 7.96. The van der Waals surface area contributed by atoms with Crippen LogP contribution in [-0.4, -0.2) is 52.6 Å². The molecule has 28 heavy (non-hydrogen) atoms. The summed E-state index contributed by atoms with van der Waals surface area (Å²) in [6.45, 7) is 5.87. The fraction of sp³-hybridized carbons (Fsp3) is 0.826. The molecule has 0 aliphatic heterocycles. The molecule has 2 N–H and O–H groups in total. The molecule has 0 bridgehead atoms. The van der Waals surface area contributed by atoms with Gasteiger partial charge in [0, 0.05) is 6.42 Å². The van der Waals surface area contributed by atoms with Crippen LogP contribution in [0.25, 0.3) is 0 Å². The van der Waals surface area contributed by atoms with Crippen molar-refractivity contribution >= 4 is 41.4 Å². The van der Waals surface area contributed by atoms with E-state index in [-0.39, 0.29) is 41.4 Å². The summed E-state index contributed by atoms with van der Waals surface area (Å²) >= 11 is 0. The van der Waals surface area contributed by atoms with Gasteiger partial charge in [0.1, 0.15) is 6.04 Å². The Morgan fingerprint density at radius 2 is 1.29 bits per heavy atom. The zero-order chi connectivity index (χ0) is 20.3. The molecule has 0 heterocycles. The van der Waals surface area contributed by atoms with E-state index >= 15 is 0 Å². The van der Waals surface area contributed by atoms with Crippen LogP contribution in [-0.2, 0) is 9.59 Å². The number of aliphatic carboxylic acids is 1. The van der Waals surface area contributed by atoms with Gasteiger partial charge in [-0.05, 0) is 38.0 Å². The number of hydrogen-bond donors (Lipinski definition) is 2. The van der Waals surface area contributed by atoms with Gasteiger partial charge in [-0.15, -0.1) is 0 Å². The summed E-state index contributed by atoms with van der Waals surface area (Å²) in [5.74, 6) is -1.20. The van der Waals surface area contributed by atoms with Gasteiger partial charge in [0.25, 0.3) is 0 Å². The van der Waals surface area contributed by atoms with Crippen molar-refractivity contribution in [1.82, 2.24) is 5.32 Å². The predicted molar refractivity (Wildman–Crippen MR) is 121 cm³/mol. The number of carbonyl (C=O) groups is 2. The second-order valence-corrected chi connectivity index (χ2v) is 7.96. The van der Waals surface area contributed by atoms with E-state index in [0.29, 0.717) is 6.42 Å². The maximum absolute atomic E-state index is 11.8. The summed E-state index contributed by atoms with van der Waals surface area (Å²) in [6, 6.07) is -0.777. The van der Waals surface area contributed by atoms with Crippen molar-refractivity contribution in [3.63, 3.8) is 0 Å². The molecule has 1 atom stereocenters. The molecule has 0 aromatic rings. The molecule has 0 spiro atoms. The van der Waals surface area contributed by atoms with Crippen LogP contribution >= 0.6 is 0 Å². The molecule has 1 unspecified atom stereocenters. The fourth-order valence-electron chi connectivity index (χ4n) is 3.12. The molecule has 0 fully saturated rings. The molecule has 0 radical (unpaired) electrons. The Bertz CT molecular complexity index is 411. The number of nitrogens with one attached hydrogen (secondary N) is 1. The van der Waals surface area contributed by atoms with Crippen LogP contribution in [0, 0.1) is 5.92 Å². The van der Waals surface area contributed by atoms with Gasteiger partial charge >= 0.3 is 35.5 Å². The molecule has 160 valence electrons. The first-order valence-corrected chi connectivity index (χ1v) is 11.2. The molecule has 0 aliphatic rings. The first kappa shape index (κ1) is 29.9. The molecular formula is C23H44NNaO3. The monoisotopic (exact) mass is 405 g/mol. The number of allylic oxidation sites excluding steroid dienone is 2. The van der Waals surface area contributed by atoms with E-state index in [4.69, 9.17) is 5.11 Å². The molecule has 4 nitrogen and oxygen atoms in total. The van der Waals surface area contributed by atoms with Crippen molar-refractivity contribution in [3.05, 3.63) is 12.2 Å². The Kier molecular flexibility index (Phi) is 22.8. The number of carbonyl (C=O) groups excluding carboxylic acids is 1. The van der Waals surface area contributed by atoms with Gasteiger partial charge in [-0.3, -0.25) is 4.79 Å². The summed E-state index contributed by atoms with van der Waals surface area (Å²) in [5.41, 5.74) is 0. The van der Waals surface area contributed by atoms with Crippen molar-refractivity contribution < 1.29 is 14.7 Å². The van der Waals surface area contributed by atoms with Gasteiger partial charge in [0.2, 0.25) is 5.91 Å². The first-order chi connectivity index (χ1) is 13.0. The molecule has 0 saturated carbocycles. The second kappa shape index (κ2) is 21.4. The van der Waals surface area contributed by atoms with Gasteiger partial charge in [-0.1, -0.05) is 84.3 Å². The Morgan fingerprint density at radius 3 is 1.75 bits per heavy atom. The van der Waals surface area contributed by atoms with Gasteiger partial charge in [-0.25, -0.2) is 4.79 Å². The predicted octanol–water partition coefficient (Wildman–Crippen LogP) is 5.60. The van der Waals surface area contributed by atoms with Crippen molar-refractivity contribution in [3.8, 4) is 0 Å². The van der Waals surface area contributed by atoms with Crippen LogP contribution in [0.5, 0.6) is 0 Å². The third kappa shape index (κ3) is 19.0. The molecular weight excluding hydrogens is 361 g/mol. The minimum atomic E-state index is -0.956. The van der Waals surface area contributed by atoms with E-state index < -0.39 is 12.0 Å². The topological polar surface area (TPSA) is 66.4 Å². The van der Waals surface area contributed by atoms with Gasteiger partial charge in [-0.2, -0.15) is 0 Å². The van der Waals surface area contributed by atoms with Crippen molar-refractivity contribution in [1.29, 1.82) is 0 Å². The van der Waals surface area contributed by atoms with Crippen molar-refractivity contribution in [2.24, 2.45) is 5.92 Å². The van der Waals surface area contributed by atoms with Crippen LogP contribution in [0.1, 0.15) is 111 Å². The maximum atomic E-state index is 11.8. The summed E-state index contributed by atoms with van der Waals surface area (Å²) in [5, 5.41) is 11.7. The molecule has 0 aromatic carbocycles. The number of carboxylic acids is 1. The quantitative estimate of drug-likeness (QED) is 0.177. The minimum absolute atomic E-state index is 0. The normalized spacial score (nSPS) is 12.1. The van der Waals surface area contributed by atoms with E-state index in [9.17, 15) is 9.59 Å². The van der Waals surface area contributed by atoms with E-state index in [0.717, 1.165) is 25.7 Å². The SMILES string of the molecule is CCCCCCCC/C=C\CCCCCCCC(=O)NC(C(=O)O)C(C)C.[NaH]. The summed E-state index contributed by atoms with van der Waals surface area (Å²) < 4.78 is 0. The van der Waals surface area contributed by atoms with Gasteiger partial charge in [0.05, 0.1) is 0 Å². The van der Waals surface area contributed by atoms with E-state index in [2.05, 4.69) is 24.4 Å². The third-order valence-electron chi connectivity index (χ3n) is 4.91. The Balaban J connectivity index is 0.